The molecular weight excluding hydrogens is 319 g/mol. The molecule has 0 saturated carbocycles. The van der Waals surface area contributed by atoms with E-state index < -0.39 is 18.3 Å². The van der Waals surface area contributed by atoms with E-state index in [0.717, 1.165) is 22.3 Å². The molecule has 126 valence electrons. The third kappa shape index (κ3) is 2.64. The molecule has 2 aromatic carbocycles. The van der Waals surface area contributed by atoms with E-state index in [4.69, 9.17) is 10.00 Å². The number of halogens is 1. The molecule has 5 heteroatoms. The largest absolute Gasteiger partial charge is 0.448 e. The van der Waals surface area contributed by atoms with E-state index in [-0.39, 0.29) is 25.5 Å². The second kappa shape index (κ2) is 6.21. The number of hydrogen-bond donors (Lipinski definition) is 0. The van der Waals surface area contributed by atoms with E-state index in [1.165, 1.54) is 4.90 Å². The molecule has 0 bridgehead atoms. The SMILES string of the molecule is N#C[C@H]1C[C@@H](F)CN1C(=O)OCC1c2ccccc2-c2ccccc21. The van der Waals surface area contributed by atoms with Gasteiger partial charge in [-0.1, -0.05) is 48.5 Å². The second-order valence-corrected chi connectivity index (χ2v) is 6.43. The lowest BCUT2D eigenvalue weighted by molar-refractivity contribution is 0.0998. The van der Waals surface area contributed by atoms with E-state index in [1.54, 1.807) is 0 Å². The van der Waals surface area contributed by atoms with Crippen LogP contribution in [0.4, 0.5) is 9.18 Å². The van der Waals surface area contributed by atoms with Gasteiger partial charge in [0.15, 0.2) is 0 Å². The average molecular weight is 336 g/mol. The van der Waals surface area contributed by atoms with Gasteiger partial charge in [-0.3, -0.25) is 4.90 Å². The lowest BCUT2D eigenvalue weighted by atomic mass is 9.98. The molecule has 1 fully saturated rings. The van der Waals surface area contributed by atoms with E-state index in [0.29, 0.717) is 0 Å². The first-order valence-electron chi connectivity index (χ1n) is 8.34. The van der Waals surface area contributed by atoms with Gasteiger partial charge in [-0.05, 0) is 22.3 Å². The van der Waals surface area contributed by atoms with Crippen molar-refractivity contribution in [2.24, 2.45) is 0 Å². The van der Waals surface area contributed by atoms with Crippen molar-refractivity contribution in [3.05, 3.63) is 59.7 Å². The monoisotopic (exact) mass is 336 g/mol. The Kier molecular flexibility index (Phi) is 3.89. The summed E-state index contributed by atoms with van der Waals surface area (Å²) in [6.45, 7) is 0.105. The van der Waals surface area contributed by atoms with Crippen molar-refractivity contribution in [1.82, 2.24) is 4.90 Å². The number of fused-ring (bicyclic) bond motifs is 3. The van der Waals surface area contributed by atoms with Gasteiger partial charge < -0.3 is 4.74 Å². The van der Waals surface area contributed by atoms with Crippen LogP contribution < -0.4 is 0 Å². The molecule has 0 radical (unpaired) electrons. The highest BCUT2D eigenvalue weighted by Gasteiger charge is 2.37. The van der Waals surface area contributed by atoms with Gasteiger partial charge in [0.1, 0.15) is 18.8 Å². The first kappa shape index (κ1) is 15.6. The number of ether oxygens (including phenoxy) is 1. The van der Waals surface area contributed by atoms with Crippen molar-refractivity contribution in [3.63, 3.8) is 0 Å². The molecule has 1 saturated heterocycles. The minimum atomic E-state index is -1.16. The van der Waals surface area contributed by atoms with Crippen molar-refractivity contribution in [2.45, 2.75) is 24.6 Å². The van der Waals surface area contributed by atoms with E-state index >= 15 is 0 Å². The summed E-state index contributed by atoms with van der Waals surface area (Å²) in [6.07, 6.45) is -1.72. The normalized spacial score (nSPS) is 21.5. The minimum absolute atomic E-state index is 0.0411. The number of hydrogen-bond acceptors (Lipinski definition) is 3. The third-order valence-corrected chi connectivity index (χ3v) is 4.97. The summed E-state index contributed by atoms with van der Waals surface area (Å²) in [4.78, 5) is 13.5. The number of carbonyl (C=O) groups is 1. The summed E-state index contributed by atoms with van der Waals surface area (Å²) >= 11 is 0. The molecule has 2 aromatic rings. The highest BCUT2D eigenvalue weighted by Crippen LogP contribution is 2.44. The predicted molar refractivity (Wildman–Crippen MR) is 90.7 cm³/mol. The summed E-state index contributed by atoms with van der Waals surface area (Å²) < 4.78 is 19.0. The molecule has 4 rings (SSSR count). The molecule has 0 N–H and O–H groups in total. The summed E-state index contributed by atoms with van der Waals surface area (Å²) in [7, 11) is 0. The predicted octanol–water partition coefficient (Wildman–Crippen LogP) is 3.87. The quantitative estimate of drug-likeness (QED) is 0.836. The Labute approximate surface area is 145 Å². The molecule has 1 heterocycles. The van der Waals surface area contributed by atoms with Crippen LogP contribution in [-0.4, -0.2) is 36.4 Å². The molecule has 4 nitrogen and oxygen atoms in total. The Morgan fingerprint density at radius 2 is 1.76 bits per heavy atom. The summed E-state index contributed by atoms with van der Waals surface area (Å²) in [6, 6.07) is 17.4. The minimum Gasteiger partial charge on any atom is -0.448 e. The highest BCUT2D eigenvalue weighted by molar-refractivity contribution is 5.79. The van der Waals surface area contributed by atoms with Gasteiger partial charge in [0, 0.05) is 12.3 Å². The number of rotatable bonds is 2. The van der Waals surface area contributed by atoms with Crippen molar-refractivity contribution < 1.29 is 13.9 Å². The molecule has 2 atom stereocenters. The zero-order valence-electron chi connectivity index (χ0n) is 13.6. The molecule has 1 amide bonds. The maximum atomic E-state index is 13.5. The van der Waals surface area contributed by atoms with Gasteiger partial charge in [-0.15, -0.1) is 0 Å². The Morgan fingerprint density at radius 3 is 2.36 bits per heavy atom. The molecule has 2 aliphatic rings. The van der Waals surface area contributed by atoms with E-state index in [1.807, 2.05) is 42.5 Å². The van der Waals surface area contributed by atoms with E-state index in [9.17, 15) is 9.18 Å². The third-order valence-electron chi connectivity index (χ3n) is 4.97. The molecular formula is C20H17FN2O2. The fourth-order valence-corrected chi connectivity index (χ4v) is 3.79. The molecule has 0 spiro atoms. The van der Waals surface area contributed by atoms with Crippen molar-refractivity contribution in [2.75, 3.05) is 13.2 Å². The van der Waals surface area contributed by atoms with Crippen LogP contribution in [0.15, 0.2) is 48.5 Å². The number of benzene rings is 2. The smallest absolute Gasteiger partial charge is 0.410 e. The summed E-state index contributed by atoms with van der Waals surface area (Å²) in [5.74, 6) is -0.0411. The number of alkyl halides is 1. The number of likely N-dealkylation sites (tertiary alicyclic amines) is 1. The topological polar surface area (TPSA) is 53.3 Å². The maximum Gasteiger partial charge on any atom is 0.410 e. The standard InChI is InChI=1S/C20H17FN2O2/c21-13-9-14(10-22)23(11-13)20(24)25-12-19-17-7-3-1-5-15(17)16-6-2-4-8-18(16)19/h1-8,13-14,19H,9,11-12H2/t13-,14-/m1/s1. The van der Waals surface area contributed by atoms with Crippen LogP contribution in [0.3, 0.4) is 0 Å². The van der Waals surface area contributed by atoms with Crippen LogP contribution in [-0.2, 0) is 4.74 Å². The highest BCUT2D eigenvalue weighted by atomic mass is 19.1. The lowest BCUT2D eigenvalue weighted by Gasteiger charge is -2.21. The Hall–Kier alpha value is -2.87. The Morgan fingerprint density at radius 1 is 1.16 bits per heavy atom. The maximum absolute atomic E-state index is 13.5. The molecule has 0 aromatic heterocycles. The van der Waals surface area contributed by atoms with Gasteiger partial charge in [0.05, 0.1) is 12.6 Å². The van der Waals surface area contributed by atoms with Crippen LogP contribution in [0.2, 0.25) is 0 Å². The van der Waals surface area contributed by atoms with Gasteiger partial charge in [-0.25, -0.2) is 9.18 Å². The van der Waals surface area contributed by atoms with Crippen molar-refractivity contribution in [1.29, 1.82) is 5.26 Å². The van der Waals surface area contributed by atoms with Crippen molar-refractivity contribution in [3.8, 4) is 17.2 Å². The first-order valence-corrected chi connectivity index (χ1v) is 8.34. The Balaban J connectivity index is 1.54. The molecule has 1 aliphatic carbocycles. The van der Waals surface area contributed by atoms with Crippen LogP contribution in [0.25, 0.3) is 11.1 Å². The second-order valence-electron chi connectivity index (χ2n) is 6.43. The summed E-state index contributed by atoms with van der Waals surface area (Å²) in [5.41, 5.74) is 4.55. The first-order chi connectivity index (χ1) is 12.2. The van der Waals surface area contributed by atoms with Crippen LogP contribution >= 0.6 is 0 Å². The Bertz CT molecular complexity index is 815. The van der Waals surface area contributed by atoms with Gasteiger partial charge in [0.25, 0.3) is 0 Å². The number of nitrogens with zero attached hydrogens (tertiary/aromatic N) is 2. The lowest BCUT2D eigenvalue weighted by Crippen LogP contribution is -2.36. The fraction of sp³-hybridized carbons (Fsp3) is 0.300. The van der Waals surface area contributed by atoms with Gasteiger partial charge in [-0.2, -0.15) is 5.26 Å². The average Bonchev–Trinajstić information content (AvgIpc) is 3.18. The number of carbonyl (C=O) groups excluding carboxylic acids is 1. The van der Waals surface area contributed by atoms with Crippen LogP contribution in [0.1, 0.15) is 23.5 Å². The fourth-order valence-electron chi connectivity index (χ4n) is 3.79. The van der Waals surface area contributed by atoms with Gasteiger partial charge >= 0.3 is 6.09 Å². The number of nitriles is 1. The van der Waals surface area contributed by atoms with Gasteiger partial charge in [0.2, 0.25) is 0 Å². The molecule has 25 heavy (non-hydrogen) atoms. The molecule has 1 aliphatic heterocycles. The zero-order chi connectivity index (χ0) is 17.4. The van der Waals surface area contributed by atoms with Crippen molar-refractivity contribution >= 4 is 6.09 Å². The molecule has 0 unspecified atom stereocenters. The number of amides is 1. The van der Waals surface area contributed by atoms with E-state index in [2.05, 4.69) is 12.1 Å². The zero-order valence-corrected chi connectivity index (χ0v) is 13.6. The van der Waals surface area contributed by atoms with Crippen LogP contribution in [0, 0.1) is 11.3 Å². The van der Waals surface area contributed by atoms with Crippen LogP contribution in [0.5, 0.6) is 0 Å². The summed E-state index contributed by atoms with van der Waals surface area (Å²) in [5, 5.41) is 9.08.